The molecule has 18 heavy (non-hydrogen) atoms. The molecule has 2 atom stereocenters. The molecule has 1 rings (SSSR count). The molecule has 102 valence electrons. The first-order chi connectivity index (χ1) is 8.51. The van der Waals surface area contributed by atoms with Crippen molar-refractivity contribution in [1.82, 2.24) is 0 Å². The molecule has 0 spiro atoms. The third kappa shape index (κ3) is 4.09. The molecule has 0 saturated carbocycles. The second-order valence-corrected chi connectivity index (χ2v) is 5.52. The fourth-order valence-corrected chi connectivity index (χ4v) is 2.58. The number of nitrogens with two attached hydrogens (primary N) is 1. The zero-order valence-electron chi connectivity index (χ0n) is 11.9. The average molecular weight is 251 g/mol. The Hall–Kier alpha value is -0.890. The summed E-state index contributed by atoms with van der Waals surface area (Å²) in [4.78, 5) is 0. The standard InChI is InChI=1S/C16H26FN/c1-4-6-9-13(5-2)12-16(3,18)14-10-7-8-11-15(14)17/h7-8,10-11,13H,4-6,9,12,18H2,1-3H3. The summed E-state index contributed by atoms with van der Waals surface area (Å²) in [5.74, 6) is 0.396. The first-order valence-corrected chi connectivity index (χ1v) is 7.05. The van der Waals surface area contributed by atoms with Crippen LogP contribution in [-0.2, 0) is 5.54 Å². The third-order valence-electron chi connectivity index (χ3n) is 3.75. The molecule has 0 aliphatic rings. The van der Waals surface area contributed by atoms with Crippen molar-refractivity contribution in [2.24, 2.45) is 11.7 Å². The fraction of sp³-hybridized carbons (Fsp3) is 0.625. The normalized spacial score (nSPS) is 16.3. The van der Waals surface area contributed by atoms with Gasteiger partial charge in [-0.1, -0.05) is 57.7 Å². The summed E-state index contributed by atoms with van der Waals surface area (Å²) in [6.45, 7) is 6.34. The van der Waals surface area contributed by atoms with E-state index in [2.05, 4.69) is 13.8 Å². The van der Waals surface area contributed by atoms with Gasteiger partial charge in [0, 0.05) is 11.1 Å². The van der Waals surface area contributed by atoms with Crippen LogP contribution in [0.15, 0.2) is 24.3 Å². The van der Waals surface area contributed by atoms with E-state index in [-0.39, 0.29) is 5.82 Å². The van der Waals surface area contributed by atoms with Crippen LogP contribution in [-0.4, -0.2) is 0 Å². The molecule has 2 unspecified atom stereocenters. The van der Waals surface area contributed by atoms with Gasteiger partial charge < -0.3 is 5.73 Å². The lowest BCUT2D eigenvalue weighted by Crippen LogP contribution is -2.36. The summed E-state index contributed by atoms with van der Waals surface area (Å²) in [5, 5.41) is 0. The van der Waals surface area contributed by atoms with Crippen molar-refractivity contribution in [3.8, 4) is 0 Å². The Balaban J connectivity index is 2.76. The molecule has 0 aromatic heterocycles. The smallest absolute Gasteiger partial charge is 0.128 e. The van der Waals surface area contributed by atoms with E-state index in [0.717, 1.165) is 12.8 Å². The Bertz CT molecular complexity index is 360. The van der Waals surface area contributed by atoms with Gasteiger partial charge in [-0.15, -0.1) is 0 Å². The van der Waals surface area contributed by atoms with Crippen molar-refractivity contribution >= 4 is 0 Å². The average Bonchev–Trinajstić information content (AvgIpc) is 2.34. The minimum Gasteiger partial charge on any atom is -0.322 e. The molecule has 1 aromatic carbocycles. The van der Waals surface area contributed by atoms with Gasteiger partial charge in [-0.25, -0.2) is 4.39 Å². The number of halogens is 1. The molecule has 0 heterocycles. The summed E-state index contributed by atoms with van der Waals surface area (Å²) < 4.78 is 13.8. The zero-order chi connectivity index (χ0) is 13.6. The van der Waals surface area contributed by atoms with Gasteiger partial charge in [0.2, 0.25) is 0 Å². The second-order valence-electron chi connectivity index (χ2n) is 5.52. The maximum atomic E-state index is 13.8. The van der Waals surface area contributed by atoms with Crippen molar-refractivity contribution < 1.29 is 4.39 Å². The monoisotopic (exact) mass is 251 g/mol. The SMILES string of the molecule is CCCCC(CC)CC(C)(N)c1ccccc1F. The van der Waals surface area contributed by atoms with Gasteiger partial charge in [0.15, 0.2) is 0 Å². The molecule has 1 nitrogen and oxygen atoms in total. The Morgan fingerprint density at radius 1 is 1.28 bits per heavy atom. The maximum absolute atomic E-state index is 13.8. The van der Waals surface area contributed by atoms with E-state index < -0.39 is 5.54 Å². The van der Waals surface area contributed by atoms with Gasteiger partial charge in [-0.05, 0) is 25.3 Å². The minimum absolute atomic E-state index is 0.187. The van der Waals surface area contributed by atoms with Crippen LogP contribution in [0.2, 0.25) is 0 Å². The highest BCUT2D eigenvalue weighted by Crippen LogP contribution is 2.31. The number of benzene rings is 1. The van der Waals surface area contributed by atoms with E-state index in [1.807, 2.05) is 19.1 Å². The first-order valence-electron chi connectivity index (χ1n) is 7.05. The minimum atomic E-state index is -0.570. The van der Waals surface area contributed by atoms with Crippen molar-refractivity contribution in [2.75, 3.05) is 0 Å². The van der Waals surface area contributed by atoms with Gasteiger partial charge in [-0.2, -0.15) is 0 Å². The number of rotatable bonds is 7. The number of hydrogen-bond acceptors (Lipinski definition) is 1. The zero-order valence-corrected chi connectivity index (χ0v) is 11.9. The van der Waals surface area contributed by atoms with Gasteiger partial charge in [0.05, 0.1) is 0 Å². The second kappa shape index (κ2) is 6.89. The van der Waals surface area contributed by atoms with E-state index in [9.17, 15) is 4.39 Å². The van der Waals surface area contributed by atoms with Crippen molar-refractivity contribution in [2.45, 2.75) is 58.4 Å². The van der Waals surface area contributed by atoms with Crippen LogP contribution in [0.5, 0.6) is 0 Å². The van der Waals surface area contributed by atoms with Crippen molar-refractivity contribution in [1.29, 1.82) is 0 Å². The molecule has 0 bridgehead atoms. The van der Waals surface area contributed by atoms with Crippen LogP contribution in [0.25, 0.3) is 0 Å². The Labute approximate surface area is 111 Å². The number of unbranched alkanes of at least 4 members (excludes halogenated alkanes) is 1. The van der Waals surface area contributed by atoms with Crippen molar-refractivity contribution in [3.63, 3.8) is 0 Å². The summed E-state index contributed by atoms with van der Waals surface area (Å²) in [7, 11) is 0. The van der Waals surface area contributed by atoms with Gasteiger partial charge in [0.1, 0.15) is 5.82 Å². The van der Waals surface area contributed by atoms with Gasteiger partial charge in [0.25, 0.3) is 0 Å². The number of hydrogen-bond donors (Lipinski definition) is 1. The molecule has 0 fully saturated rings. The lowest BCUT2D eigenvalue weighted by molar-refractivity contribution is 0.308. The molecule has 1 aromatic rings. The van der Waals surface area contributed by atoms with E-state index >= 15 is 0 Å². The Morgan fingerprint density at radius 2 is 1.94 bits per heavy atom. The van der Waals surface area contributed by atoms with E-state index in [4.69, 9.17) is 5.73 Å². The van der Waals surface area contributed by atoms with Gasteiger partial charge in [-0.3, -0.25) is 0 Å². The highest BCUT2D eigenvalue weighted by molar-refractivity contribution is 5.25. The molecule has 0 saturated heterocycles. The molecule has 0 amide bonds. The lowest BCUT2D eigenvalue weighted by atomic mass is 9.81. The quantitative estimate of drug-likeness (QED) is 0.752. The largest absolute Gasteiger partial charge is 0.322 e. The van der Waals surface area contributed by atoms with Crippen LogP contribution in [0, 0.1) is 11.7 Å². The highest BCUT2D eigenvalue weighted by atomic mass is 19.1. The van der Waals surface area contributed by atoms with E-state index in [0.29, 0.717) is 11.5 Å². The first kappa shape index (κ1) is 15.2. The molecule has 0 radical (unpaired) electrons. The Kier molecular flexibility index (Phi) is 5.80. The maximum Gasteiger partial charge on any atom is 0.128 e. The topological polar surface area (TPSA) is 26.0 Å². The van der Waals surface area contributed by atoms with Crippen LogP contribution >= 0.6 is 0 Å². The Morgan fingerprint density at radius 3 is 2.50 bits per heavy atom. The third-order valence-corrected chi connectivity index (χ3v) is 3.75. The molecular formula is C16H26FN. The summed E-state index contributed by atoms with van der Waals surface area (Å²) in [6, 6.07) is 6.87. The van der Waals surface area contributed by atoms with E-state index in [1.165, 1.54) is 25.3 Å². The van der Waals surface area contributed by atoms with Gasteiger partial charge >= 0.3 is 0 Å². The predicted octanol–water partition coefficient (Wildman–Crippen LogP) is 4.61. The molecule has 0 aliphatic carbocycles. The predicted molar refractivity (Wildman–Crippen MR) is 75.9 cm³/mol. The molecular weight excluding hydrogens is 225 g/mol. The fourth-order valence-electron chi connectivity index (χ4n) is 2.58. The van der Waals surface area contributed by atoms with E-state index in [1.54, 1.807) is 6.07 Å². The molecule has 2 heteroatoms. The molecule has 0 aliphatic heterocycles. The summed E-state index contributed by atoms with van der Waals surface area (Å²) in [5.41, 5.74) is 6.42. The van der Waals surface area contributed by atoms with Crippen molar-refractivity contribution in [3.05, 3.63) is 35.6 Å². The van der Waals surface area contributed by atoms with Crippen LogP contribution in [0.3, 0.4) is 0 Å². The van der Waals surface area contributed by atoms with Crippen LogP contribution in [0.1, 0.15) is 58.4 Å². The van der Waals surface area contributed by atoms with Crippen LogP contribution in [0.4, 0.5) is 4.39 Å². The highest BCUT2D eigenvalue weighted by Gasteiger charge is 2.27. The van der Waals surface area contributed by atoms with Crippen LogP contribution < -0.4 is 5.73 Å². The lowest BCUT2D eigenvalue weighted by Gasteiger charge is -2.30. The summed E-state index contributed by atoms with van der Waals surface area (Å²) >= 11 is 0. The molecule has 2 N–H and O–H groups in total. The summed E-state index contributed by atoms with van der Waals surface area (Å²) in [6.07, 6.45) is 5.59.